The average molecular weight is 333 g/mol. The van der Waals surface area contributed by atoms with Crippen molar-refractivity contribution >= 4 is 11.8 Å². The van der Waals surface area contributed by atoms with Crippen LogP contribution in [-0.4, -0.2) is 33.6 Å². The number of nitrogens with one attached hydrogen (secondary N) is 2. The van der Waals surface area contributed by atoms with E-state index in [0.717, 1.165) is 12.8 Å². The van der Waals surface area contributed by atoms with Crippen LogP contribution in [0.2, 0.25) is 0 Å². The Balaban J connectivity index is 2.01. The Morgan fingerprint density at radius 1 is 1.46 bits per heavy atom. The molecule has 0 radical (unpaired) electrons. The predicted molar refractivity (Wildman–Crippen MR) is 91.5 cm³/mol. The summed E-state index contributed by atoms with van der Waals surface area (Å²) in [6.45, 7) is 3.96. The maximum Gasteiger partial charge on any atom is 0.320 e. The van der Waals surface area contributed by atoms with Gasteiger partial charge in [-0.2, -0.15) is 10.4 Å². The van der Waals surface area contributed by atoms with E-state index < -0.39 is 0 Å². The number of aromatic nitrogens is 2. The third-order valence-electron chi connectivity index (χ3n) is 4.59. The largest absolute Gasteiger partial charge is 0.396 e. The number of hydrogen-bond donors (Lipinski definition) is 3. The molecular weight excluding hydrogens is 306 g/mol. The first kappa shape index (κ1) is 18.3. The summed E-state index contributed by atoms with van der Waals surface area (Å²) in [7, 11) is 0. The van der Waals surface area contributed by atoms with Crippen molar-refractivity contribution in [3.05, 3.63) is 11.8 Å². The van der Waals surface area contributed by atoms with Gasteiger partial charge < -0.3 is 10.4 Å². The molecule has 0 aromatic carbocycles. The van der Waals surface area contributed by atoms with E-state index in [0.29, 0.717) is 17.9 Å². The molecule has 1 fully saturated rings. The summed E-state index contributed by atoms with van der Waals surface area (Å²) in [4.78, 5) is 12.3. The van der Waals surface area contributed by atoms with Crippen LogP contribution in [0.25, 0.3) is 0 Å². The third kappa shape index (κ3) is 4.71. The first-order chi connectivity index (χ1) is 11.5. The Hall–Kier alpha value is -2.07. The zero-order valence-corrected chi connectivity index (χ0v) is 14.5. The molecule has 1 heterocycles. The fraction of sp³-hybridized carbons (Fsp3) is 0.706. The van der Waals surface area contributed by atoms with Crippen molar-refractivity contribution in [3.8, 4) is 6.07 Å². The fourth-order valence-electron chi connectivity index (χ4n) is 3.24. The maximum absolute atomic E-state index is 12.3. The van der Waals surface area contributed by atoms with E-state index in [2.05, 4.69) is 21.8 Å². The van der Waals surface area contributed by atoms with Crippen molar-refractivity contribution in [2.24, 2.45) is 5.92 Å². The molecule has 1 unspecified atom stereocenters. The van der Waals surface area contributed by atoms with Gasteiger partial charge in [0.05, 0.1) is 0 Å². The second-order valence-corrected chi connectivity index (χ2v) is 6.69. The van der Waals surface area contributed by atoms with Crippen LogP contribution in [0.4, 0.5) is 10.6 Å². The molecule has 1 atom stereocenters. The van der Waals surface area contributed by atoms with Crippen LogP contribution in [0.3, 0.4) is 0 Å². The predicted octanol–water partition coefficient (Wildman–Crippen LogP) is 2.79. The highest BCUT2D eigenvalue weighted by Gasteiger charge is 2.25. The van der Waals surface area contributed by atoms with Gasteiger partial charge in [0.1, 0.15) is 11.6 Å². The van der Waals surface area contributed by atoms with Gasteiger partial charge in [-0.15, -0.1) is 0 Å². The first-order valence-corrected chi connectivity index (χ1v) is 8.72. The number of carbonyl (C=O) groups excluding carboxylic acids is 1. The van der Waals surface area contributed by atoms with E-state index >= 15 is 0 Å². The van der Waals surface area contributed by atoms with Gasteiger partial charge in [-0.1, -0.05) is 19.3 Å². The van der Waals surface area contributed by atoms with Crippen LogP contribution >= 0.6 is 0 Å². The summed E-state index contributed by atoms with van der Waals surface area (Å²) >= 11 is 0. The highest BCUT2D eigenvalue weighted by Crippen LogP contribution is 2.27. The normalized spacial score (nSPS) is 16.6. The maximum atomic E-state index is 12.3. The Bertz CT molecular complexity index is 584. The number of aliphatic hydroxyl groups excluding tert-OH is 1. The molecule has 1 aliphatic rings. The molecule has 0 bridgehead atoms. The van der Waals surface area contributed by atoms with Crippen molar-refractivity contribution in [2.75, 3.05) is 11.9 Å². The molecule has 1 aromatic heterocycles. The van der Waals surface area contributed by atoms with E-state index in [9.17, 15) is 15.2 Å². The number of nitriles is 1. The van der Waals surface area contributed by atoms with Gasteiger partial charge in [0.25, 0.3) is 0 Å². The van der Waals surface area contributed by atoms with Crippen molar-refractivity contribution in [3.63, 3.8) is 0 Å². The van der Waals surface area contributed by atoms with E-state index in [1.54, 1.807) is 10.9 Å². The molecule has 7 heteroatoms. The SMILES string of the molecule is CC(C)n1cc(C#N)c(NC(=O)NC(CCO)C2CCCCC2)n1. The van der Waals surface area contributed by atoms with Crippen LogP contribution in [0.5, 0.6) is 0 Å². The zero-order chi connectivity index (χ0) is 17.5. The van der Waals surface area contributed by atoms with E-state index in [1.165, 1.54) is 19.3 Å². The number of aliphatic hydroxyl groups is 1. The van der Waals surface area contributed by atoms with Crippen molar-refractivity contribution in [2.45, 2.75) is 64.5 Å². The lowest BCUT2D eigenvalue weighted by atomic mass is 9.83. The molecule has 0 aliphatic heterocycles. The van der Waals surface area contributed by atoms with Gasteiger partial charge in [0.2, 0.25) is 0 Å². The summed E-state index contributed by atoms with van der Waals surface area (Å²) < 4.78 is 1.65. The topological polar surface area (TPSA) is 103 Å². The standard InChI is InChI=1S/C17H27N5O2/c1-12(2)22-11-14(10-18)16(21-22)20-17(24)19-15(8-9-23)13-6-4-3-5-7-13/h11-13,15,23H,3-9H2,1-2H3,(H2,19,20,21,24). The molecule has 0 spiro atoms. The van der Waals surface area contributed by atoms with Gasteiger partial charge in [0.15, 0.2) is 5.82 Å². The summed E-state index contributed by atoms with van der Waals surface area (Å²) in [5.41, 5.74) is 0.343. The second-order valence-electron chi connectivity index (χ2n) is 6.69. The lowest BCUT2D eigenvalue weighted by Crippen LogP contribution is -2.43. The molecule has 0 saturated heterocycles. The van der Waals surface area contributed by atoms with Crippen molar-refractivity contribution in [1.82, 2.24) is 15.1 Å². The van der Waals surface area contributed by atoms with Gasteiger partial charge in [0, 0.05) is 24.9 Å². The molecule has 1 aromatic rings. The number of urea groups is 1. The van der Waals surface area contributed by atoms with Gasteiger partial charge in [-0.25, -0.2) is 4.79 Å². The monoisotopic (exact) mass is 333 g/mol. The molecule has 1 saturated carbocycles. The van der Waals surface area contributed by atoms with Crippen molar-refractivity contribution in [1.29, 1.82) is 5.26 Å². The highest BCUT2D eigenvalue weighted by atomic mass is 16.3. The molecule has 7 nitrogen and oxygen atoms in total. The molecule has 2 rings (SSSR count). The number of hydrogen-bond acceptors (Lipinski definition) is 4. The quantitative estimate of drug-likeness (QED) is 0.744. The number of carbonyl (C=O) groups is 1. The van der Waals surface area contributed by atoms with Crippen LogP contribution in [0.1, 0.15) is 64.0 Å². The molecule has 24 heavy (non-hydrogen) atoms. The van der Waals surface area contributed by atoms with Crippen LogP contribution < -0.4 is 10.6 Å². The lowest BCUT2D eigenvalue weighted by Gasteiger charge is -2.30. The Labute approximate surface area is 143 Å². The highest BCUT2D eigenvalue weighted by molar-refractivity contribution is 5.89. The van der Waals surface area contributed by atoms with Gasteiger partial charge in [-0.3, -0.25) is 10.00 Å². The van der Waals surface area contributed by atoms with Crippen LogP contribution in [0.15, 0.2) is 6.20 Å². The van der Waals surface area contributed by atoms with E-state index in [-0.39, 0.29) is 30.5 Å². The Morgan fingerprint density at radius 3 is 2.75 bits per heavy atom. The fourth-order valence-corrected chi connectivity index (χ4v) is 3.24. The van der Waals surface area contributed by atoms with E-state index in [4.69, 9.17) is 0 Å². The number of rotatable bonds is 6. The molecule has 2 amide bonds. The molecule has 1 aliphatic carbocycles. The average Bonchev–Trinajstić information content (AvgIpc) is 2.98. The van der Waals surface area contributed by atoms with Gasteiger partial charge >= 0.3 is 6.03 Å². The Kier molecular flexibility index (Phi) is 6.62. The molecular formula is C17H27N5O2. The van der Waals surface area contributed by atoms with Crippen LogP contribution in [-0.2, 0) is 0 Å². The number of anilines is 1. The van der Waals surface area contributed by atoms with Crippen LogP contribution in [0, 0.1) is 17.2 Å². The first-order valence-electron chi connectivity index (χ1n) is 8.72. The zero-order valence-electron chi connectivity index (χ0n) is 14.5. The third-order valence-corrected chi connectivity index (χ3v) is 4.59. The summed E-state index contributed by atoms with van der Waals surface area (Å²) in [6, 6.07) is 1.74. The van der Waals surface area contributed by atoms with Crippen molar-refractivity contribution < 1.29 is 9.90 Å². The number of nitrogens with zero attached hydrogens (tertiary/aromatic N) is 3. The summed E-state index contributed by atoms with van der Waals surface area (Å²) in [6.07, 6.45) is 7.93. The lowest BCUT2D eigenvalue weighted by molar-refractivity contribution is 0.202. The summed E-state index contributed by atoms with van der Waals surface area (Å²) in [5.74, 6) is 0.676. The second kappa shape index (κ2) is 8.69. The Morgan fingerprint density at radius 2 is 2.17 bits per heavy atom. The number of amides is 2. The van der Waals surface area contributed by atoms with Gasteiger partial charge in [-0.05, 0) is 39.0 Å². The molecule has 132 valence electrons. The molecule has 3 N–H and O–H groups in total. The minimum Gasteiger partial charge on any atom is -0.396 e. The minimum absolute atomic E-state index is 0.0481. The minimum atomic E-state index is -0.371. The van der Waals surface area contributed by atoms with E-state index in [1.807, 2.05) is 13.8 Å². The summed E-state index contributed by atoms with van der Waals surface area (Å²) in [5, 5.41) is 28.4. The smallest absolute Gasteiger partial charge is 0.320 e.